The van der Waals surface area contributed by atoms with Crippen molar-refractivity contribution in [1.29, 1.82) is 0 Å². The van der Waals surface area contributed by atoms with E-state index in [4.69, 9.17) is 4.74 Å². The number of benzene rings is 1. The van der Waals surface area contributed by atoms with Crippen LogP contribution in [0.4, 0.5) is 5.82 Å². The van der Waals surface area contributed by atoms with Crippen LogP contribution >= 0.6 is 0 Å². The lowest BCUT2D eigenvalue weighted by atomic mass is 10.1. The number of aromatic nitrogens is 4. The molecule has 0 bridgehead atoms. The van der Waals surface area contributed by atoms with Crippen molar-refractivity contribution in [3.63, 3.8) is 0 Å². The third-order valence-corrected chi connectivity index (χ3v) is 3.27. The van der Waals surface area contributed by atoms with E-state index >= 15 is 0 Å². The van der Waals surface area contributed by atoms with Crippen LogP contribution in [0.5, 0.6) is 5.75 Å². The summed E-state index contributed by atoms with van der Waals surface area (Å²) in [5.41, 5.74) is 2.23. The van der Waals surface area contributed by atoms with E-state index in [2.05, 4.69) is 26.4 Å². The molecule has 0 aliphatic carbocycles. The van der Waals surface area contributed by atoms with Crippen LogP contribution in [-0.4, -0.2) is 26.9 Å². The normalized spacial score (nSPS) is 10.4. The van der Waals surface area contributed by atoms with Gasteiger partial charge in [-0.2, -0.15) is 5.10 Å². The largest absolute Gasteiger partial charge is 0.496 e. The van der Waals surface area contributed by atoms with Crippen molar-refractivity contribution in [3.05, 3.63) is 66.4 Å². The van der Waals surface area contributed by atoms with E-state index in [1.807, 2.05) is 29.1 Å². The summed E-state index contributed by atoms with van der Waals surface area (Å²) in [6.45, 7) is 1.35. The first kappa shape index (κ1) is 14.1. The summed E-state index contributed by atoms with van der Waals surface area (Å²) in [7, 11) is 1.68. The first-order valence-electron chi connectivity index (χ1n) is 6.98. The molecule has 22 heavy (non-hydrogen) atoms. The molecule has 1 N–H and O–H groups in total. The monoisotopic (exact) mass is 295 g/mol. The van der Waals surface area contributed by atoms with Crippen LogP contribution in [0.25, 0.3) is 0 Å². The van der Waals surface area contributed by atoms with Gasteiger partial charge in [-0.1, -0.05) is 6.07 Å². The maximum Gasteiger partial charge on any atom is 0.144 e. The summed E-state index contributed by atoms with van der Waals surface area (Å²) < 4.78 is 7.30. The van der Waals surface area contributed by atoms with E-state index in [-0.39, 0.29) is 0 Å². The van der Waals surface area contributed by atoms with Gasteiger partial charge < -0.3 is 10.1 Å². The quantitative estimate of drug-likeness (QED) is 0.756. The Labute approximate surface area is 128 Å². The van der Waals surface area contributed by atoms with Gasteiger partial charge in [0.05, 0.1) is 19.9 Å². The molecule has 0 spiro atoms. The lowest BCUT2D eigenvalue weighted by Gasteiger charge is -2.12. The van der Waals surface area contributed by atoms with Gasteiger partial charge in [-0.05, 0) is 23.8 Å². The molecule has 0 fully saturated rings. The Bertz CT molecular complexity index is 713. The van der Waals surface area contributed by atoms with Crippen LogP contribution in [0.1, 0.15) is 11.1 Å². The van der Waals surface area contributed by atoms with Crippen molar-refractivity contribution in [2.24, 2.45) is 0 Å². The summed E-state index contributed by atoms with van der Waals surface area (Å²) in [5, 5.41) is 7.49. The molecule has 6 nitrogen and oxygen atoms in total. The number of anilines is 1. The lowest BCUT2D eigenvalue weighted by molar-refractivity contribution is 0.407. The van der Waals surface area contributed by atoms with Gasteiger partial charge >= 0.3 is 0 Å². The molecule has 2 heterocycles. The minimum atomic E-state index is 0.675. The maximum absolute atomic E-state index is 5.43. The van der Waals surface area contributed by atoms with Crippen LogP contribution in [0, 0.1) is 0 Å². The van der Waals surface area contributed by atoms with Crippen LogP contribution in [0.15, 0.2) is 55.2 Å². The number of ether oxygens (including phenoxy) is 1. The Hall–Kier alpha value is -2.89. The van der Waals surface area contributed by atoms with Crippen molar-refractivity contribution in [3.8, 4) is 5.75 Å². The summed E-state index contributed by atoms with van der Waals surface area (Å²) >= 11 is 0. The molecule has 0 saturated carbocycles. The third kappa shape index (κ3) is 3.41. The Morgan fingerprint density at radius 3 is 2.91 bits per heavy atom. The van der Waals surface area contributed by atoms with Crippen molar-refractivity contribution in [1.82, 2.24) is 19.7 Å². The number of hydrogen-bond acceptors (Lipinski definition) is 5. The van der Waals surface area contributed by atoms with E-state index < -0.39 is 0 Å². The van der Waals surface area contributed by atoms with Gasteiger partial charge in [0.25, 0.3) is 0 Å². The highest BCUT2D eigenvalue weighted by molar-refractivity contribution is 5.39. The van der Waals surface area contributed by atoms with Crippen molar-refractivity contribution in [2.75, 3.05) is 12.4 Å². The molecular weight excluding hydrogens is 278 g/mol. The van der Waals surface area contributed by atoms with E-state index in [0.717, 1.165) is 22.7 Å². The Kier molecular flexibility index (Phi) is 4.29. The van der Waals surface area contributed by atoms with Crippen LogP contribution in [-0.2, 0) is 13.1 Å². The Morgan fingerprint density at radius 2 is 2.18 bits per heavy atom. The molecule has 0 unspecified atom stereocenters. The van der Waals surface area contributed by atoms with E-state index in [1.165, 1.54) is 0 Å². The molecule has 0 amide bonds. The van der Waals surface area contributed by atoms with Gasteiger partial charge in [0.2, 0.25) is 0 Å². The summed E-state index contributed by atoms with van der Waals surface area (Å²) in [4.78, 5) is 8.23. The zero-order valence-electron chi connectivity index (χ0n) is 12.3. The molecule has 3 aromatic rings. The van der Waals surface area contributed by atoms with Crippen molar-refractivity contribution >= 4 is 5.82 Å². The van der Waals surface area contributed by atoms with Gasteiger partial charge in [0, 0.05) is 36.9 Å². The first-order chi connectivity index (χ1) is 10.8. The Balaban J connectivity index is 1.75. The van der Waals surface area contributed by atoms with Crippen molar-refractivity contribution in [2.45, 2.75) is 13.1 Å². The molecule has 3 rings (SSSR count). The Morgan fingerprint density at radius 1 is 1.23 bits per heavy atom. The molecule has 0 radical (unpaired) electrons. The zero-order chi connectivity index (χ0) is 15.2. The van der Waals surface area contributed by atoms with Crippen LogP contribution in [0.3, 0.4) is 0 Å². The fraction of sp³-hybridized carbons (Fsp3) is 0.188. The average Bonchev–Trinajstić information content (AvgIpc) is 3.07. The van der Waals surface area contributed by atoms with Gasteiger partial charge in [0.1, 0.15) is 11.6 Å². The highest BCUT2D eigenvalue weighted by Crippen LogP contribution is 2.21. The summed E-state index contributed by atoms with van der Waals surface area (Å²) in [6, 6.07) is 8.04. The second-order valence-corrected chi connectivity index (χ2v) is 4.79. The predicted molar refractivity (Wildman–Crippen MR) is 83.7 cm³/mol. The number of nitrogens with zero attached hydrogens (tertiary/aromatic N) is 4. The maximum atomic E-state index is 5.43. The van der Waals surface area contributed by atoms with Gasteiger partial charge in [-0.3, -0.25) is 9.67 Å². The summed E-state index contributed by atoms with van der Waals surface area (Å²) in [5.74, 6) is 1.62. The van der Waals surface area contributed by atoms with Gasteiger partial charge in [0.15, 0.2) is 0 Å². The second kappa shape index (κ2) is 6.71. The minimum absolute atomic E-state index is 0.675. The standard InChI is InChI=1S/C16H17N5O/c1-22-15-4-3-13(10-19-16-11-17-6-7-18-16)9-14(15)12-21-8-2-5-20-21/h2-9,11H,10,12H2,1H3,(H,18,19). The number of nitrogens with one attached hydrogen (secondary N) is 1. The van der Waals surface area contributed by atoms with Crippen LogP contribution < -0.4 is 10.1 Å². The van der Waals surface area contributed by atoms with E-state index in [9.17, 15) is 0 Å². The van der Waals surface area contributed by atoms with E-state index in [0.29, 0.717) is 13.1 Å². The molecule has 0 atom stereocenters. The highest BCUT2D eigenvalue weighted by Gasteiger charge is 2.06. The molecular formula is C16H17N5O. The van der Waals surface area contributed by atoms with Crippen LogP contribution in [0.2, 0.25) is 0 Å². The van der Waals surface area contributed by atoms with Gasteiger partial charge in [-0.15, -0.1) is 0 Å². The number of methoxy groups -OCH3 is 1. The summed E-state index contributed by atoms with van der Waals surface area (Å²) in [6.07, 6.45) is 8.73. The molecule has 112 valence electrons. The minimum Gasteiger partial charge on any atom is -0.496 e. The molecule has 0 aliphatic rings. The van der Waals surface area contributed by atoms with Gasteiger partial charge in [-0.25, -0.2) is 4.98 Å². The lowest BCUT2D eigenvalue weighted by Crippen LogP contribution is -2.05. The molecule has 6 heteroatoms. The topological polar surface area (TPSA) is 64.9 Å². The molecule has 1 aromatic carbocycles. The molecule has 2 aromatic heterocycles. The fourth-order valence-electron chi connectivity index (χ4n) is 2.22. The molecule has 0 aliphatic heterocycles. The SMILES string of the molecule is COc1ccc(CNc2cnccn2)cc1Cn1cccn1. The van der Waals surface area contributed by atoms with E-state index in [1.54, 1.807) is 31.9 Å². The fourth-order valence-corrected chi connectivity index (χ4v) is 2.22. The zero-order valence-corrected chi connectivity index (χ0v) is 12.3. The second-order valence-electron chi connectivity index (χ2n) is 4.79. The van der Waals surface area contributed by atoms with Crippen molar-refractivity contribution < 1.29 is 4.74 Å². The number of hydrogen-bond donors (Lipinski definition) is 1. The average molecular weight is 295 g/mol. The molecule has 0 saturated heterocycles. The first-order valence-corrected chi connectivity index (χ1v) is 6.98. The smallest absolute Gasteiger partial charge is 0.144 e. The third-order valence-electron chi connectivity index (χ3n) is 3.27. The predicted octanol–water partition coefficient (Wildman–Crippen LogP) is 2.34. The number of rotatable bonds is 6. The highest BCUT2D eigenvalue weighted by atomic mass is 16.5.